The van der Waals surface area contributed by atoms with Gasteiger partial charge in [0.2, 0.25) is 0 Å². The third kappa shape index (κ3) is 62.5. The molecule has 0 spiro atoms. The number of carbonyl (C=O) groups excluding carboxylic acids is 3. The van der Waals surface area contributed by atoms with Gasteiger partial charge in [-0.25, -0.2) is 0 Å². The molecule has 438 valence electrons. The van der Waals surface area contributed by atoms with Crippen LogP contribution in [0, 0.1) is 0 Å². The minimum atomic E-state index is -0.795. The number of esters is 3. The Morgan fingerprint density at radius 3 is 0.792 bits per heavy atom. The van der Waals surface area contributed by atoms with Gasteiger partial charge >= 0.3 is 17.9 Å². The molecule has 0 saturated carbocycles. The zero-order valence-electron chi connectivity index (χ0n) is 50.2. The Kier molecular flexibility index (Phi) is 60.8. The summed E-state index contributed by atoms with van der Waals surface area (Å²) >= 11 is 0. The van der Waals surface area contributed by atoms with Gasteiger partial charge in [0, 0.05) is 19.3 Å². The first-order valence-corrected chi connectivity index (χ1v) is 32.0. The lowest BCUT2D eigenvalue weighted by Gasteiger charge is -2.18. The molecule has 0 aliphatic rings. The summed E-state index contributed by atoms with van der Waals surface area (Å²) in [6.07, 6.45) is 89.1. The summed E-state index contributed by atoms with van der Waals surface area (Å²) < 4.78 is 16.9. The lowest BCUT2D eigenvalue weighted by molar-refractivity contribution is -0.167. The Morgan fingerprint density at radius 1 is 0.273 bits per heavy atom. The fourth-order valence-corrected chi connectivity index (χ4v) is 8.69. The first-order chi connectivity index (χ1) is 38.0. The molecular weight excluding hydrogens is 949 g/mol. The van der Waals surface area contributed by atoms with E-state index in [9.17, 15) is 14.4 Å². The second-order valence-electron chi connectivity index (χ2n) is 20.9. The molecule has 0 saturated heterocycles. The van der Waals surface area contributed by atoms with Crippen molar-refractivity contribution in [2.75, 3.05) is 13.2 Å². The van der Waals surface area contributed by atoms with Crippen molar-refractivity contribution < 1.29 is 28.6 Å². The van der Waals surface area contributed by atoms with Gasteiger partial charge in [-0.1, -0.05) is 264 Å². The summed E-state index contributed by atoms with van der Waals surface area (Å²) in [5.74, 6) is -0.911. The largest absolute Gasteiger partial charge is 0.462 e. The van der Waals surface area contributed by atoms with Gasteiger partial charge in [0.05, 0.1) is 0 Å². The molecule has 0 aliphatic carbocycles. The van der Waals surface area contributed by atoms with Crippen LogP contribution in [-0.2, 0) is 28.6 Å². The Balaban J connectivity index is 4.40. The van der Waals surface area contributed by atoms with Crippen molar-refractivity contribution in [3.05, 3.63) is 122 Å². The Labute approximate surface area is 475 Å². The van der Waals surface area contributed by atoms with Crippen LogP contribution in [0.15, 0.2) is 122 Å². The highest BCUT2D eigenvalue weighted by molar-refractivity contribution is 5.71. The summed E-state index contributed by atoms with van der Waals surface area (Å²) in [6, 6.07) is 0. The zero-order valence-corrected chi connectivity index (χ0v) is 50.2. The van der Waals surface area contributed by atoms with Gasteiger partial charge in [-0.15, -0.1) is 0 Å². The Morgan fingerprint density at radius 2 is 0.506 bits per heavy atom. The minimum absolute atomic E-state index is 0.0900. The van der Waals surface area contributed by atoms with Crippen LogP contribution >= 0.6 is 0 Å². The number of hydrogen-bond donors (Lipinski definition) is 0. The van der Waals surface area contributed by atoms with Gasteiger partial charge in [0.1, 0.15) is 13.2 Å². The lowest BCUT2D eigenvalue weighted by Crippen LogP contribution is -2.30. The highest BCUT2D eigenvalue weighted by atomic mass is 16.6. The third-order valence-corrected chi connectivity index (χ3v) is 13.4. The van der Waals surface area contributed by atoms with Gasteiger partial charge in [-0.2, -0.15) is 0 Å². The highest BCUT2D eigenvalue weighted by Gasteiger charge is 2.19. The molecule has 6 heteroatoms. The van der Waals surface area contributed by atoms with Crippen molar-refractivity contribution in [3.63, 3.8) is 0 Å². The predicted molar refractivity (Wildman–Crippen MR) is 334 cm³/mol. The normalized spacial score (nSPS) is 12.9. The molecule has 0 aromatic carbocycles. The van der Waals surface area contributed by atoms with Crippen molar-refractivity contribution in [1.82, 2.24) is 0 Å². The van der Waals surface area contributed by atoms with Crippen LogP contribution in [0.4, 0.5) is 0 Å². The standard InChI is InChI=1S/C71H118O6/c1-4-7-10-13-16-19-22-25-28-30-32-34-35-37-38-40-43-46-49-52-55-58-61-64-70(73)76-67-68(66-75-69(72)63-60-57-54-51-48-45-42-27-24-21-18-15-12-9-6-3)77-71(74)65-62-59-56-53-50-47-44-41-39-36-33-31-29-26-23-20-17-14-11-8-5-2/h7-8,10-11,16-21,25-29,32-34,36,42,68H,4-6,9,12-15,22-24,30-31,35,37-41,43-67H2,1-3H3/b10-7-,11-8-,19-16-,20-17-,21-18-,28-25-,29-26-,34-32-,36-33-,42-27-. The van der Waals surface area contributed by atoms with Crippen LogP contribution in [0.25, 0.3) is 0 Å². The number of rotatable bonds is 57. The second-order valence-corrected chi connectivity index (χ2v) is 20.9. The Hall–Kier alpha value is -4.19. The number of allylic oxidation sites excluding steroid dienone is 20. The van der Waals surface area contributed by atoms with E-state index in [2.05, 4.69) is 142 Å². The first kappa shape index (κ1) is 72.8. The topological polar surface area (TPSA) is 78.9 Å². The number of unbranched alkanes of at least 4 members (excludes halogenated alkanes) is 26. The van der Waals surface area contributed by atoms with Crippen molar-refractivity contribution in [2.45, 2.75) is 297 Å². The van der Waals surface area contributed by atoms with Gasteiger partial charge in [-0.3, -0.25) is 14.4 Å². The van der Waals surface area contributed by atoms with Crippen molar-refractivity contribution in [2.24, 2.45) is 0 Å². The van der Waals surface area contributed by atoms with E-state index in [0.717, 1.165) is 141 Å². The maximum absolute atomic E-state index is 12.9. The highest BCUT2D eigenvalue weighted by Crippen LogP contribution is 2.15. The van der Waals surface area contributed by atoms with Crippen LogP contribution in [0.5, 0.6) is 0 Å². The van der Waals surface area contributed by atoms with Crippen molar-refractivity contribution >= 4 is 17.9 Å². The van der Waals surface area contributed by atoms with E-state index < -0.39 is 6.10 Å². The molecule has 0 amide bonds. The summed E-state index contributed by atoms with van der Waals surface area (Å²) in [4.78, 5) is 38.4. The first-order valence-electron chi connectivity index (χ1n) is 32.0. The van der Waals surface area contributed by atoms with Crippen LogP contribution in [-0.4, -0.2) is 37.2 Å². The average Bonchev–Trinajstić information content (AvgIpc) is 3.43. The summed E-state index contributed by atoms with van der Waals surface area (Å²) in [5, 5.41) is 0. The van der Waals surface area contributed by atoms with Gasteiger partial charge in [0.25, 0.3) is 0 Å². The van der Waals surface area contributed by atoms with E-state index >= 15 is 0 Å². The van der Waals surface area contributed by atoms with Crippen LogP contribution in [0.3, 0.4) is 0 Å². The molecule has 1 unspecified atom stereocenters. The molecule has 0 bridgehead atoms. The monoisotopic (exact) mass is 1070 g/mol. The maximum Gasteiger partial charge on any atom is 0.306 e. The molecular formula is C71H118O6. The van der Waals surface area contributed by atoms with E-state index in [1.807, 2.05) is 0 Å². The Bertz CT molecular complexity index is 1600. The molecule has 0 fully saturated rings. The van der Waals surface area contributed by atoms with E-state index in [-0.39, 0.29) is 31.1 Å². The summed E-state index contributed by atoms with van der Waals surface area (Å²) in [5.41, 5.74) is 0. The SMILES string of the molecule is CC/C=C\C/C=C\C/C=C\C/C=C\CCCCCCCCCCCCC(=O)OCC(COC(=O)CCCCCCC/C=C\C/C=C\CCCCC)OC(=O)CCCCCCCCCC/C=C\C/C=C\C/C=C\C/C=C\CC. The van der Waals surface area contributed by atoms with Crippen molar-refractivity contribution in [1.29, 1.82) is 0 Å². The van der Waals surface area contributed by atoms with E-state index in [4.69, 9.17) is 14.2 Å². The fraction of sp³-hybridized carbons (Fsp3) is 0.676. The fourth-order valence-electron chi connectivity index (χ4n) is 8.69. The van der Waals surface area contributed by atoms with Crippen LogP contribution in [0.2, 0.25) is 0 Å². The summed E-state index contributed by atoms with van der Waals surface area (Å²) in [6.45, 7) is 6.38. The molecule has 6 nitrogen and oxygen atoms in total. The molecule has 0 heterocycles. The number of carbonyl (C=O) groups is 3. The predicted octanol–water partition coefficient (Wildman–Crippen LogP) is 22.0. The quantitative estimate of drug-likeness (QED) is 0.0261. The lowest BCUT2D eigenvalue weighted by atomic mass is 10.1. The molecule has 0 radical (unpaired) electrons. The molecule has 0 aromatic heterocycles. The van der Waals surface area contributed by atoms with Gasteiger partial charge in [-0.05, 0) is 128 Å². The van der Waals surface area contributed by atoms with E-state index in [1.165, 1.54) is 109 Å². The van der Waals surface area contributed by atoms with Crippen molar-refractivity contribution in [3.8, 4) is 0 Å². The average molecular weight is 1070 g/mol. The summed E-state index contributed by atoms with van der Waals surface area (Å²) in [7, 11) is 0. The zero-order chi connectivity index (χ0) is 55.7. The van der Waals surface area contributed by atoms with E-state index in [0.29, 0.717) is 19.3 Å². The molecule has 0 rings (SSSR count). The molecule has 0 aliphatic heterocycles. The van der Waals surface area contributed by atoms with Crippen LogP contribution in [0.1, 0.15) is 290 Å². The maximum atomic E-state index is 12.9. The second kappa shape index (κ2) is 64.3. The molecule has 1 atom stereocenters. The molecule has 0 N–H and O–H groups in total. The molecule has 77 heavy (non-hydrogen) atoms. The van der Waals surface area contributed by atoms with Gasteiger partial charge in [0.15, 0.2) is 6.10 Å². The van der Waals surface area contributed by atoms with Crippen LogP contribution < -0.4 is 0 Å². The van der Waals surface area contributed by atoms with E-state index in [1.54, 1.807) is 0 Å². The minimum Gasteiger partial charge on any atom is -0.462 e. The molecule has 0 aromatic rings. The smallest absolute Gasteiger partial charge is 0.306 e. The number of ether oxygens (including phenoxy) is 3. The van der Waals surface area contributed by atoms with Gasteiger partial charge < -0.3 is 14.2 Å². The third-order valence-electron chi connectivity index (χ3n) is 13.4. The number of hydrogen-bond acceptors (Lipinski definition) is 6.